The van der Waals surface area contributed by atoms with Crippen molar-refractivity contribution in [3.8, 4) is 0 Å². The Kier molecular flexibility index (Phi) is 55.5. The number of hydrogen-bond donors (Lipinski definition) is 0. The lowest BCUT2D eigenvalue weighted by atomic mass is 10.1. The van der Waals surface area contributed by atoms with Crippen LogP contribution >= 0.6 is 0 Å². The van der Waals surface area contributed by atoms with E-state index >= 15 is 0 Å². The van der Waals surface area contributed by atoms with Gasteiger partial charge in [0.25, 0.3) is 0 Å². The van der Waals surface area contributed by atoms with Gasteiger partial charge < -0.3 is 14.2 Å². The molecule has 1 atom stereocenters. The molecule has 0 aromatic rings. The zero-order valence-corrected chi connectivity index (χ0v) is 46.6. The Labute approximate surface area is 448 Å². The molecule has 1 unspecified atom stereocenters. The van der Waals surface area contributed by atoms with E-state index in [9.17, 15) is 14.4 Å². The third-order valence-corrected chi connectivity index (χ3v) is 11.5. The van der Waals surface area contributed by atoms with Crippen molar-refractivity contribution in [2.45, 2.75) is 232 Å². The van der Waals surface area contributed by atoms with Gasteiger partial charge in [0.2, 0.25) is 0 Å². The van der Waals surface area contributed by atoms with Crippen LogP contribution in [0, 0.1) is 0 Å². The second kappa shape index (κ2) is 59.6. The number of rotatable bonds is 50. The van der Waals surface area contributed by atoms with E-state index in [1.165, 1.54) is 25.7 Å². The number of carbonyl (C=O) groups is 3. The molecule has 0 spiro atoms. The van der Waals surface area contributed by atoms with Crippen LogP contribution in [-0.2, 0) is 28.6 Å². The van der Waals surface area contributed by atoms with Crippen molar-refractivity contribution in [2.75, 3.05) is 13.2 Å². The standard InChI is InChI=1S/C67H104O6/c1-4-7-10-13-16-19-22-25-28-31-33-36-39-42-45-48-51-54-57-60-66(69)72-63-64(62-71-65(68)59-56-53-50-47-44-41-38-35-30-27-24-21-18-15-12-9-6-3)73-67(70)61-58-55-52-49-46-43-40-37-34-32-29-26-23-20-17-14-11-8-5-2/h7-12,16-21,25-30,33-34,36-37,42-43,45-46,64H,4-6,13-15,22-24,31-32,35,38-41,44,47-63H2,1-3H3/b10-7-,11-8-,12-9-,19-16-,20-17-,21-18-,28-25-,29-26-,30-27-,36-33-,37-34-,45-42-,46-43-. The molecule has 0 aliphatic rings. The summed E-state index contributed by atoms with van der Waals surface area (Å²) in [6.45, 7) is 6.22. The summed E-state index contributed by atoms with van der Waals surface area (Å²) in [7, 11) is 0. The van der Waals surface area contributed by atoms with E-state index < -0.39 is 6.10 Å². The molecule has 6 heteroatoms. The molecule has 408 valence electrons. The van der Waals surface area contributed by atoms with Crippen molar-refractivity contribution in [1.29, 1.82) is 0 Å². The van der Waals surface area contributed by atoms with Gasteiger partial charge in [-0.15, -0.1) is 0 Å². The van der Waals surface area contributed by atoms with Gasteiger partial charge in [0, 0.05) is 19.3 Å². The Morgan fingerprint density at radius 2 is 0.493 bits per heavy atom. The molecule has 0 aliphatic carbocycles. The third kappa shape index (κ3) is 57.8. The minimum absolute atomic E-state index is 0.115. The quantitative estimate of drug-likeness (QED) is 0.0261. The average Bonchev–Trinajstić information content (AvgIpc) is 3.39. The zero-order chi connectivity index (χ0) is 52.9. The fraction of sp³-hybridized carbons (Fsp3) is 0.567. The van der Waals surface area contributed by atoms with Gasteiger partial charge in [-0.05, 0) is 141 Å². The second-order valence-corrected chi connectivity index (χ2v) is 18.4. The second-order valence-electron chi connectivity index (χ2n) is 18.4. The first kappa shape index (κ1) is 68.0. The molecule has 73 heavy (non-hydrogen) atoms. The number of ether oxygens (including phenoxy) is 3. The molecule has 0 aromatic heterocycles. The number of esters is 3. The van der Waals surface area contributed by atoms with Gasteiger partial charge in [-0.1, -0.05) is 224 Å². The summed E-state index contributed by atoms with van der Waals surface area (Å²) in [6.07, 6.45) is 86.6. The van der Waals surface area contributed by atoms with Gasteiger partial charge in [0.1, 0.15) is 13.2 Å². The van der Waals surface area contributed by atoms with Crippen LogP contribution in [0.4, 0.5) is 0 Å². The summed E-state index contributed by atoms with van der Waals surface area (Å²) in [5.74, 6) is -0.997. The lowest BCUT2D eigenvalue weighted by Crippen LogP contribution is -2.30. The minimum atomic E-state index is -0.823. The van der Waals surface area contributed by atoms with Gasteiger partial charge in [0.15, 0.2) is 6.10 Å². The molecule has 0 N–H and O–H groups in total. The van der Waals surface area contributed by atoms with E-state index in [0.717, 1.165) is 154 Å². The van der Waals surface area contributed by atoms with Crippen molar-refractivity contribution >= 4 is 17.9 Å². The van der Waals surface area contributed by atoms with E-state index in [-0.39, 0.29) is 37.5 Å². The molecule has 0 fully saturated rings. The summed E-state index contributed by atoms with van der Waals surface area (Å²) in [5, 5.41) is 0. The maximum Gasteiger partial charge on any atom is 0.306 e. The largest absolute Gasteiger partial charge is 0.462 e. The van der Waals surface area contributed by atoms with Crippen LogP contribution in [0.5, 0.6) is 0 Å². The molecule has 0 heterocycles. The fourth-order valence-corrected chi connectivity index (χ4v) is 7.27. The molecule has 0 radical (unpaired) electrons. The predicted molar refractivity (Wildman–Crippen MR) is 315 cm³/mol. The van der Waals surface area contributed by atoms with E-state index in [2.05, 4.69) is 179 Å². The minimum Gasteiger partial charge on any atom is -0.462 e. The highest BCUT2D eigenvalue weighted by atomic mass is 16.6. The van der Waals surface area contributed by atoms with Gasteiger partial charge in [-0.2, -0.15) is 0 Å². The van der Waals surface area contributed by atoms with E-state index in [1.807, 2.05) is 0 Å². The van der Waals surface area contributed by atoms with Crippen LogP contribution in [0.25, 0.3) is 0 Å². The zero-order valence-electron chi connectivity index (χ0n) is 46.6. The predicted octanol–water partition coefficient (Wildman–Crippen LogP) is 19.8. The Bertz CT molecular complexity index is 1670. The first-order valence-electron chi connectivity index (χ1n) is 29.0. The normalized spacial score (nSPS) is 13.3. The molecule has 0 rings (SSSR count). The number of allylic oxidation sites excluding steroid dienone is 26. The SMILES string of the molecule is CC/C=C\C/C=C\C/C=C\C/C=C\C/C=C\CCCCCC(=O)OCC(COC(=O)CCCCCCCCC/C=C\C/C=C\C/C=C\CC)OC(=O)CCCCC/C=C\C/C=C\C/C=C\C/C=C\C/C=C\CC. The summed E-state index contributed by atoms with van der Waals surface area (Å²) in [5.41, 5.74) is 0. The maximum atomic E-state index is 12.9. The summed E-state index contributed by atoms with van der Waals surface area (Å²) < 4.78 is 16.8. The smallest absolute Gasteiger partial charge is 0.306 e. The lowest BCUT2D eigenvalue weighted by Gasteiger charge is -2.18. The van der Waals surface area contributed by atoms with Crippen LogP contribution in [0.15, 0.2) is 158 Å². The average molecular weight is 1010 g/mol. The molecule has 0 bridgehead atoms. The molecule has 0 saturated carbocycles. The highest BCUT2D eigenvalue weighted by molar-refractivity contribution is 5.71. The molecule has 0 aromatic carbocycles. The van der Waals surface area contributed by atoms with Crippen LogP contribution in [0.3, 0.4) is 0 Å². The van der Waals surface area contributed by atoms with Crippen molar-refractivity contribution < 1.29 is 28.6 Å². The van der Waals surface area contributed by atoms with E-state index in [1.54, 1.807) is 0 Å². The van der Waals surface area contributed by atoms with Gasteiger partial charge in [-0.25, -0.2) is 0 Å². The molecule has 0 amide bonds. The van der Waals surface area contributed by atoms with Gasteiger partial charge in [-0.3, -0.25) is 14.4 Å². The summed E-state index contributed by atoms with van der Waals surface area (Å²) >= 11 is 0. The number of carbonyl (C=O) groups excluding carboxylic acids is 3. The maximum absolute atomic E-state index is 12.9. The van der Waals surface area contributed by atoms with E-state index in [4.69, 9.17) is 14.2 Å². The van der Waals surface area contributed by atoms with Crippen molar-refractivity contribution in [2.24, 2.45) is 0 Å². The Balaban J connectivity index is 4.57. The fourth-order valence-electron chi connectivity index (χ4n) is 7.27. The Hall–Kier alpha value is -4.97. The highest BCUT2D eigenvalue weighted by Gasteiger charge is 2.19. The van der Waals surface area contributed by atoms with Crippen LogP contribution in [0.2, 0.25) is 0 Å². The molecular formula is C67H104O6. The molecule has 0 saturated heterocycles. The third-order valence-electron chi connectivity index (χ3n) is 11.5. The molecular weight excluding hydrogens is 901 g/mol. The lowest BCUT2D eigenvalue weighted by molar-refractivity contribution is -0.167. The van der Waals surface area contributed by atoms with Crippen LogP contribution in [-0.4, -0.2) is 37.2 Å². The monoisotopic (exact) mass is 1000 g/mol. The summed E-state index contributed by atoms with van der Waals surface area (Å²) in [4.78, 5) is 38.2. The first-order valence-corrected chi connectivity index (χ1v) is 29.0. The molecule has 0 aliphatic heterocycles. The van der Waals surface area contributed by atoms with Crippen molar-refractivity contribution in [3.05, 3.63) is 158 Å². The Morgan fingerprint density at radius 3 is 0.781 bits per heavy atom. The summed E-state index contributed by atoms with van der Waals surface area (Å²) in [6, 6.07) is 0. The first-order chi connectivity index (χ1) is 36.0. The number of hydrogen-bond acceptors (Lipinski definition) is 6. The van der Waals surface area contributed by atoms with E-state index in [0.29, 0.717) is 19.3 Å². The van der Waals surface area contributed by atoms with Crippen molar-refractivity contribution in [3.63, 3.8) is 0 Å². The van der Waals surface area contributed by atoms with Gasteiger partial charge >= 0.3 is 17.9 Å². The topological polar surface area (TPSA) is 78.9 Å². The van der Waals surface area contributed by atoms with Crippen LogP contribution < -0.4 is 0 Å². The highest BCUT2D eigenvalue weighted by Crippen LogP contribution is 2.13. The Morgan fingerprint density at radius 1 is 0.274 bits per heavy atom. The number of unbranched alkanes of at least 4 members (excludes halogenated alkanes) is 13. The molecule has 6 nitrogen and oxygen atoms in total. The van der Waals surface area contributed by atoms with Crippen LogP contribution in [0.1, 0.15) is 226 Å². The van der Waals surface area contributed by atoms with Gasteiger partial charge in [0.05, 0.1) is 0 Å². The van der Waals surface area contributed by atoms with Crippen molar-refractivity contribution in [1.82, 2.24) is 0 Å².